The first-order valence-corrected chi connectivity index (χ1v) is 8.18. The van der Waals surface area contributed by atoms with Crippen molar-refractivity contribution in [2.45, 2.75) is 25.4 Å². The Kier molecular flexibility index (Phi) is 3.57. The minimum Gasteiger partial charge on any atom is -0.298 e. The summed E-state index contributed by atoms with van der Waals surface area (Å²) in [6, 6.07) is 11.3. The molecular formula is C17H20ClN3. The van der Waals surface area contributed by atoms with Crippen LogP contribution in [0, 0.1) is 0 Å². The lowest BCUT2D eigenvalue weighted by molar-refractivity contribution is 0.121. The second kappa shape index (κ2) is 5.56. The first-order valence-electron chi connectivity index (χ1n) is 7.80. The number of nitrogens with zero attached hydrogens (tertiary/aromatic N) is 3. The van der Waals surface area contributed by atoms with E-state index < -0.39 is 0 Å². The van der Waals surface area contributed by atoms with Gasteiger partial charge in [-0.25, -0.2) is 4.98 Å². The zero-order valence-corrected chi connectivity index (χ0v) is 12.9. The molecule has 2 heterocycles. The van der Waals surface area contributed by atoms with E-state index in [1.54, 1.807) is 0 Å². The molecule has 0 N–H and O–H groups in total. The highest BCUT2D eigenvalue weighted by Gasteiger charge is 2.31. The molecule has 1 aromatic carbocycles. The number of halogens is 1. The SMILES string of the molecule is Clc1nc2ccccc2cc1CN1CCN(C2CC2)CC1. The molecule has 3 nitrogen and oxygen atoms in total. The Morgan fingerprint density at radius 3 is 2.62 bits per heavy atom. The molecule has 2 fully saturated rings. The number of rotatable bonds is 3. The molecule has 21 heavy (non-hydrogen) atoms. The third-order valence-corrected chi connectivity index (χ3v) is 4.94. The lowest BCUT2D eigenvalue weighted by atomic mass is 10.1. The van der Waals surface area contributed by atoms with Gasteiger partial charge in [-0.3, -0.25) is 9.80 Å². The molecule has 0 radical (unpaired) electrons. The zero-order chi connectivity index (χ0) is 14.2. The van der Waals surface area contributed by atoms with E-state index in [9.17, 15) is 0 Å². The van der Waals surface area contributed by atoms with E-state index >= 15 is 0 Å². The van der Waals surface area contributed by atoms with Crippen molar-refractivity contribution in [3.05, 3.63) is 41.0 Å². The quantitative estimate of drug-likeness (QED) is 0.812. The molecule has 1 aromatic heterocycles. The third kappa shape index (κ3) is 2.91. The summed E-state index contributed by atoms with van der Waals surface area (Å²) in [4.78, 5) is 9.65. The van der Waals surface area contributed by atoms with Gasteiger partial charge in [-0.05, 0) is 25.0 Å². The van der Waals surface area contributed by atoms with Crippen LogP contribution in [0.25, 0.3) is 10.9 Å². The number of hydrogen-bond donors (Lipinski definition) is 0. The van der Waals surface area contributed by atoms with E-state index in [0.29, 0.717) is 5.15 Å². The molecular weight excluding hydrogens is 282 g/mol. The maximum Gasteiger partial charge on any atom is 0.134 e. The highest BCUT2D eigenvalue weighted by atomic mass is 35.5. The van der Waals surface area contributed by atoms with E-state index in [4.69, 9.17) is 11.6 Å². The van der Waals surface area contributed by atoms with Gasteiger partial charge >= 0.3 is 0 Å². The highest BCUT2D eigenvalue weighted by molar-refractivity contribution is 6.30. The molecule has 110 valence electrons. The molecule has 0 atom stereocenters. The number of para-hydroxylation sites is 1. The van der Waals surface area contributed by atoms with Crippen molar-refractivity contribution in [2.24, 2.45) is 0 Å². The highest BCUT2D eigenvalue weighted by Crippen LogP contribution is 2.28. The molecule has 1 aliphatic carbocycles. The van der Waals surface area contributed by atoms with E-state index in [1.807, 2.05) is 12.1 Å². The Morgan fingerprint density at radius 1 is 1.10 bits per heavy atom. The fraction of sp³-hybridized carbons (Fsp3) is 0.471. The van der Waals surface area contributed by atoms with Crippen molar-refractivity contribution in [2.75, 3.05) is 26.2 Å². The van der Waals surface area contributed by atoms with Crippen molar-refractivity contribution in [1.29, 1.82) is 0 Å². The molecule has 1 aliphatic heterocycles. The van der Waals surface area contributed by atoms with Gasteiger partial charge in [0.2, 0.25) is 0 Å². The molecule has 2 aliphatic rings. The van der Waals surface area contributed by atoms with Crippen LogP contribution in [0.1, 0.15) is 18.4 Å². The molecule has 1 saturated carbocycles. The summed E-state index contributed by atoms with van der Waals surface area (Å²) in [5.74, 6) is 0. The monoisotopic (exact) mass is 301 g/mol. The molecule has 0 amide bonds. The van der Waals surface area contributed by atoms with Crippen molar-refractivity contribution < 1.29 is 0 Å². The Morgan fingerprint density at radius 2 is 1.86 bits per heavy atom. The van der Waals surface area contributed by atoms with Gasteiger partial charge in [-0.15, -0.1) is 0 Å². The number of pyridine rings is 1. The van der Waals surface area contributed by atoms with Crippen molar-refractivity contribution in [3.63, 3.8) is 0 Å². The summed E-state index contributed by atoms with van der Waals surface area (Å²) < 4.78 is 0. The van der Waals surface area contributed by atoms with Crippen LogP contribution in [0.15, 0.2) is 30.3 Å². The van der Waals surface area contributed by atoms with Gasteiger partial charge in [0.05, 0.1) is 5.52 Å². The Labute approximate surface area is 130 Å². The molecule has 0 spiro atoms. The number of benzene rings is 1. The minimum absolute atomic E-state index is 0.651. The molecule has 0 unspecified atom stereocenters. The summed E-state index contributed by atoms with van der Waals surface area (Å²) >= 11 is 6.36. The average Bonchev–Trinajstić information content (AvgIpc) is 3.33. The first-order chi connectivity index (χ1) is 10.3. The van der Waals surface area contributed by atoms with Gasteiger partial charge in [0.1, 0.15) is 5.15 Å². The molecule has 2 aromatic rings. The smallest absolute Gasteiger partial charge is 0.134 e. The van der Waals surface area contributed by atoms with Crippen LogP contribution in [0.5, 0.6) is 0 Å². The van der Waals surface area contributed by atoms with Gasteiger partial charge < -0.3 is 0 Å². The minimum atomic E-state index is 0.651. The molecule has 1 saturated heterocycles. The van der Waals surface area contributed by atoms with Crippen molar-refractivity contribution in [3.8, 4) is 0 Å². The van der Waals surface area contributed by atoms with Crippen LogP contribution in [-0.4, -0.2) is 47.0 Å². The van der Waals surface area contributed by atoms with Crippen molar-refractivity contribution >= 4 is 22.5 Å². The van der Waals surface area contributed by atoms with Crippen LogP contribution in [0.3, 0.4) is 0 Å². The normalized spacial score (nSPS) is 21.0. The lowest BCUT2D eigenvalue weighted by Gasteiger charge is -2.34. The predicted octanol–water partition coefficient (Wildman–Crippen LogP) is 3.17. The van der Waals surface area contributed by atoms with Gasteiger partial charge in [-0.1, -0.05) is 29.8 Å². The van der Waals surface area contributed by atoms with E-state index in [-0.39, 0.29) is 0 Å². The number of fused-ring (bicyclic) bond motifs is 1. The molecule has 4 rings (SSSR count). The standard InChI is InChI=1S/C17H20ClN3/c18-17-14(11-13-3-1-2-4-16(13)19-17)12-20-7-9-21(10-8-20)15-5-6-15/h1-4,11,15H,5-10,12H2. The number of hydrogen-bond acceptors (Lipinski definition) is 3. The second-order valence-corrected chi connectivity index (χ2v) is 6.53. The van der Waals surface area contributed by atoms with Crippen molar-refractivity contribution in [1.82, 2.24) is 14.8 Å². The summed E-state index contributed by atoms with van der Waals surface area (Å²) in [5, 5.41) is 1.83. The van der Waals surface area contributed by atoms with E-state index in [2.05, 4.69) is 33.0 Å². The average molecular weight is 302 g/mol. The fourth-order valence-electron chi connectivity index (χ4n) is 3.21. The maximum atomic E-state index is 6.36. The summed E-state index contributed by atoms with van der Waals surface area (Å²) in [6.07, 6.45) is 2.81. The zero-order valence-electron chi connectivity index (χ0n) is 12.1. The maximum absolute atomic E-state index is 6.36. The van der Waals surface area contributed by atoms with Gasteiger partial charge in [0.15, 0.2) is 0 Å². The Balaban J connectivity index is 1.48. The van der Waals surface area contributed by atoms with Crippen LogP contribution >= 0.6 is 11.6 Å². The number of aromatic nitrogens is 1. The van der Waals surface area contributed by atoms with E-state index in [0.717, 1.165) is 36.8 Å². The second-order valence-electron chi connectivity index (χ2n) is 6.17. The largest absolute Gasteiger partial charge is 0.298 e. The Bertz CT molecular complexity index is 646. The lowest BCUT2D eigenvalue weighted by Crippen LogP contribution is -2.46. The predicted molar refractivity (Wildman–Crippen MR) is 86.6 cm³/mol. The van der Waals surface area contributed by atoms with Crippen LogP contribution in [0.2, 0.25) is 5.15 Å². The third-order valence-electron chi connectivity index (χ3n) is 4.61. The van der Waals surface area contributed by atoms with Crippen LogP contribution in [0.4, 0.5) is 0 Å². The van der Waals surface area contributed by atoms with Crippen LogP contribution in [-0.2, 0) is 6.54 Å². The van der Waals surface area contributed by atoms with Gasteiger partial charge in [0, 0.05) is 49.7 Å². The summed E-state index contributed by atoms with van der Waals surface area (Å²) in [6.45, 7) is 5.58. The van der Waals surface area contributed by atoms with Gasteiger partial charge in [-0.2, -0.15) is 0 Å². The Hall–Kier alpha value is -1.16. The summed E-state index contributed by atoms with van der Waals surface area (Å²) in [7, 11) is 0. The van der Waals surface area contributed by atoms with Gasteiger partial charge in [0.25, 0.3) is 0 Å². The first kappa shape index (κ1) is 13.5. The number of piperazine rings is 1. The van der Waals surface area contributed by atoms with Crippen LogP contribution < -0.4 is 0 Å². The van der Waals surface area contributed by atoms with E-state index in [1.165, 1.54) is 31.3 Å². The molecule has 0 bridgehead atoms. The fourth-order valence-corrected chi connectivity index (χ4v) is 3.42. The molecule has 4 heteroatoms. The topological polar surface area (TPSA) is 19.4 Å². The summed E-state index contributed by atoms with van der Waals surface area (Å²) in [5.41, 5.74) is 2.13.